The minimum Gasteiger partial charge on any atom is -0.388 e. The van der Waals surface area contributed by atoms with Gasteiger partial charge in [-0.3, -0.25) is 0 Å². The highest BCUT2D eigenvalue weighted by molar-refractivity contribution is 8.01. The van der Waals surface area contributed by atoms with Crippen molar-refractivity contribution in [1.82, 2.24) is 4.90 Å². The number of thiophene rings is 1. The van der Waals surface area contributed by atoms with Crippen molar-refractivity contribution in [2.75, 3.05) is 19.6 Å². The number of likely N-dealkylation sites (tertiary alicyclic amines) is 1. The second-order valence-electron chi connectivity index (χ2n) is 5.53. The molecule has 1 aliphatic heterocycles. The van der Waals surface area contributed by atoms with Crippen molar-refractivity contribution >= 4 is 23.1 Å². The van der Waals surface area contributed by atoms with Crippen molar-refractivity contribution in [2.45, 2.75) is 55.1 Å². The molecule has 0 amide bonds. The van der Waals surface area contributed by atoms with E-state index in [4.69, 9.17) is 0 Å². The fraction of sp³-hybridized carbons (Fsp3) is 0.733. The van der Waals surface area contributed by atoms with Crippen LogP contribution in [0.1, 0.15) is 50.5 Å². The fourth-order valence-electron chi connectivity index (χ4n) is 2.44. The standard InChI is InChI=1S/C15H25NOS2/c1-12(2)18-15-7-6-14(19-15)13(17)8-11-16-9-4-3-5-10-16/h6-7,12-13,17H,3-5,8-11H2,1-2H3. The maximum absolute atomic E-state index is 10.3. The molecule has 19 heavy (non-hydrogen) atoms. The molecule has 1 N–H and O–H groups in total. The zero-order valence-corrected chi connectivity index (χ0v) is 13.6. The molecule has 2 nitrogen and oxygen atoms in total. The Morgan fingerprint density at radius 3 is 2.68 bits per heavy atom. The first-order chi connectivity index (χ1) is 9.15. The van der Waals surface area contributed by atoms with Crippen molar-refractivity contribution in [3.63, 3.8) is 0 Å². The molecule has 0 aliphatic carbocycles. The number of hydrogen-bond acceptors (Lipinski definition) is 4. The van der Waals surface area contributed by atoms with E-state index < -0.39 is 0 Å². The zero-order chi connectivity index (χ0) is 13.7. The number of rotatable bonds is 6. The maximum Gasteiger partial charge on any atom is 0.0894 e. The van der Waals surface area contributed by atoms with E-state index in [9.17, 15) is 5.11 Å². The topological polar surface area (TPSA) is 23.5 Å². The molecule has 1 aliphatic rings. The van der Waals surface area contributed by atoms with Crippen LogP contribution in [-0.2, 0) is 0 Å². The van der Waals surface area contributed by atoms with Gasteiger partial charge < -0.3 is 10.0 Å². The van der Waals surface area contributed by atoms with Gasteiger partial charge in [-0.25, -0.2) is 0 Å². The van der Waals surface area contributed by atoms with E-state index in [2.05, 4.69) is 30.9 Å². The molecule has 0 spiro atoms. The average Bonchev–Trinajstić information content (AvgIpc) is 2.85. The number of aliphatic hydroxyl groups excluding tert-OH is 1. The lowest BCUT2D eigenvalue weighted by atomic mass is 10.1. The van der Waals surface area contributed by atoms with E-state index >= 15 is 0 Å². The molecule has 1 atom stereocenters. The smallest absolute Gasteiger partial charge is 0.0894 e. The second-order valence-corrected chi connectivity index (χ2v) is 8.52. The first-order valence-electron chi connectivity index (χ1n) is 7.32. The zero-order valence-electron chi connectivity index (χ0n) is 12.0. The number of thioether (sulfide) groups is 1. The van der Waals surface area contributed by atoms with Gasteiger partial charge in [0.1, 0.15) is 0 Å². The third-order valence-corrected chi connectivity index (χ3v) is 5.81. The Bertz CT molecular complexity index is 372. The molecular weight excluding hydrogens is 274 g/mol. The first-order valence-corrected chi connectivity index (χ1v) is 9.01. The van der Waals surface area contributed by atoms with Crippen LogP contribution in [-0.4, -0.2) is 34.9 Å². The Morgan fingerprint density at radius 2 is 2.00 bits per heavy atom. The summed E-state index contributed by atoms with van der Waals surface area (Å²) in [5, 5.41) is 10.9. The minimum atomic E-state index is -0.284. The molecule has 0 radical (unpaired) electrons. The SMILES string of the molecule is CC(C)Sc1ccc(C(O)CCN2CCCCC2)s1. The van der Waals surface area contributed by atoms with Gasteiger partial charge >= 0.3 is 0 Å². The van der Waals surface area contributed by atoms with Gasteiger partial charge in [0.05, 0.1) is 10.3 Å². The largest absolute Gasteiger partial charge is 0.388 e. The monoisotopic (exact) mass is 299 g/mol. The quantitative estimate of drug-likeness (QED) is 0.798. The van der Waals surface area contributed by atoms with Crippen LogP contribution in [0.15, 0.2) is 16.3 Å². The van der Waals surface area contributed by atoms with Crippen LogP contribution in [0.3, 0.4) is 0 Å². The van der Waals surface area contributed by atoms with Gasteiger partial charge in [0.2, 0.25) is 0 Å². The van der Waals surface area contributed by atoms with Crippen molar-refractivity contribution < 1.29 is 5.11 Å². The molecular formula is C15H25NOS2. The van der Waals surface area contributed by atoms with Crippen LogP contribution < -0.4 is 0 Å². The predicted octanol–water partition coefficient (Wildman–Crippen LogP) is 4.16. The van der Waals surface area contributed by atoms with Gasteiger partial charge in [0.15, 0.2) is 0 Å². The Kier molecular flexibility index (Phi) is 6.20. The molecule has 2 heterocycles. The summed E-state index contributed by atoms with van der Waals surface area (Å²) in [6.45, 7) is 7.87. The van der Waals surface area contributed by atoms with E-state index in [-0.39, 0.29) is 6.10 Å². The Balaban J connectivity index is 1.78. The minimum absolute atomic E-state index is 0.284. The molecule has 0 aromatic carbocycles. The fourth-order valence-corrected chi connectivity index (χ4v) is 4.87. The molecule has 1 aromatic heterocycles. The van der Waals surface area contributed by atoms with Crippen LogP contribution in [0.25, 0.3) is 0 Å². The maximum atomic E-state index is 10.3. The summed E-state index contributed by atoms with van der Waals surface area (Å²) in [4.78, 5) is 3.62. The Morgan fingerprint density at radius 1 is 1.26 bits per heavy atom. The third kappa shape index (κ3) is 5.10. The van der Waals surface area contributed by atoms with E-state index in [1.54, 1.807) is 11.3 Å². The number of piperidine rings is 1. The number of hydrogen-bond donors (Lipinski definition) is 1. The molecule has 1 fully saturated rings. The second kappa shape index (κ2) is 7.67. The van der Waals surface area contributed by atoms with Crippen molar-refractivity contribution in [3.8, 4) is 0 Å². The summed E-state index contributed by atoms with van der Waals surface area (Å²) < 4.78 is 1.32. The van der Waals surface area contributed by atoms with Crippen LogP contribution in [0.4, 0.5) is 0 Å². The van der Waals surface area contributed by atoms with Crippen molar-refractivity contribution in [3.05, 3.63) is 17.0 Å². The highest BCUT2D eigenvalue weighted by Crippen LogP contribution is 2.34. The molecule has 0 saturated carbocycles. The highest BCUT2D eigenvalue weighted by Gasteiger charge is 2.15. The lowest BCUT2D eigenvalue weighted by molar-refractivity contribution is 0.136. The Hall–Kier alpha value is -0.0300. The third-order valence-electron chi connectivity index (χ3n) is 3.45. The molecule has 1 saturated heterocycles. The number of aliphatic hydroxyl groups is 1. The van der Waals surface area contributed by atoms with E-state index in [1.807, 2.05) is 11.8 Å². The van der Waals surface area contributed by atoms with Gasteiger partial charge in [0.25, 0.3) is 0 Å². The summed E-state index contributed by atoms with van der Waals surface area (Å²) in [5.41, 5.74) is 0. The van der Waals surface area contributed by atoms with E-state index in [0.717, 1.165) is 17.8 Å². The molecule has 1 unspecified atom stereocenters. The normalized spacial score (nSPS) is 18.9. The summed E-state index contributed by atoms with van der Waals surface area (Å²) in [6.07, 6.45) is 4.61. The van der Waals surface area contributed by atoms with Gasteiger partial charge in [-0.1, -0.05) is 20.3 Å². The van der Waals surface area contributed by atoms with Crippen molar-refractivity contribution in [2.24, 2.45) is 0 Å². The molecule has 0 bridgehead atoms. The Labute approximate surface area is 125 Å². The average molecular weight is 300 g/mol. The lowest BCUT2D eigenvalue weighted by Gasteiger charge is -2.27. The molecule has 1 aromatic rings. The summed E-state index contributed by atoms with van der Waals surface area (Å²) >= 11 is 3.63. The molecule has 4 heteroatoms. The molecule has 2 rings (SSSR count). The van der Waals surface area contributed by atoms with Gasteiger partial charge in [-0.05, 0) is 44.5 Å². The van der Waals surface area contributed by atoms with E-state index in [0.29, 0.717) is 5.25 Å². The summed E-state index contributed by atoms with van der Waals surface area (Å²) in [6, 6.07) is 4.24. The summed E-state index contributed by atoms with van der Waals surface area (Å²) in [5.74, 6) is 0. The van der Waals surface area contributed by atoms with Gasteiger partial charge in [-0.2, -0.15) is 0 Å². The van der Waals surface area contributed by atoms with Crippen LogP contribution in [0.2, 0.25) is 0 Å². The number of nitrogens with zero attached hydrogens (tertiary/aromatic N) is 1. The highest BCUT2D eigenvalue weighted by atomic mass is 32.2. The van der Waals surface area contributed by atoms with Gasteiger partial charge in [0, 0.05) is 16.7 Å². The first kappa shape index (κ1) is 15.4. The van der Waals surface area contributed by atoms with Crippen LogP contribution >= 0.6 is 23.1 Å². The molecule has 108 valence electrons. The van der Waals surface area contributed by atoms with Crippen LogP contribution in [0, 0.1) is 0 Å². The van der Waals surface area contributed by atoms with E-state index in [1.165, 1.54) is 36.6 Å². The van der Waals surface area contributed by atoms with Gasteiger partial charge in [-0.15, -0.1) is 23.1 Å². The van der Waals surface area contributed by atoms with Crippen LogP contribution in [0.5, 0.6) is 0 Å². The summed E-state index contributed by atoms with van der Waals surface area (Å²) in [7, 11) is 0. The predicted molar refractivity (Wildman–Crippen MR) is 85.2 cm³/mol. The lowest BCUT2D eigenvalue weighted by Crippen LogP contribution is -2.31. The van der Waals surface area contributed by atoms with Crippen molar-refractivity contribution in [1.29, 1.82) is 0 Å².